The number of nitrogens with zero attached hydrogens (tertiary/aromatic N) is 3. The lowest BCUT2D eigenvalue weighted by molar-refractivity contribution is -0.143. The average Bonchev–Trinajstić information content (AvgIpc) is 2.99. The van der Waals surface area contributed by atoms with Crippen molar-refractivity contribution in [2.75, 3.05) is 6.54 Å². The third-order valence-electron chi connectivity index (χ3n) is 4.72. The van der Waals surface area contributed by atoms with E-state index in [0.29, 0.717) is 24.4 Å². The lowest BCUT2D eigenvalue weighted by atomic mass is 10.1. The van der Waals surface area contributed by atoms with Gasteiger partial charge in [-0.25, -0.2) is 9.59 Å². The molecule has 1 atom stereocenters. The highest BCUT2D eigenvalue weighted by Crippen LogP contribution is 2.36. The number of benzene rings is 1. The fourth-order valence-corrected chi connectivity index (χ4v) is 3.31. The summed E-state index contributed by atoms with van der Waals surface area (Å²) in [4.78, 5) is 24.8. The van der Waals surface area contributed by atoms with Crippen LogP contribution in [0.3, 0.4) is 0 Å². The Balaban J connectivity index is 1.78. The number of carboxylic acids is 1. The average molecular weight is 465 g/mol. The molecule has 0 saturated carbocycles. The number of carbonyl (C=O) groups is 2. The summed E-state index contributed by atoms with van der Waals surface area (Å²) in [5.74, 6) is -1.42. The second-order valence-corrected chi connectivity index (χ2v) is 7.46. The van der Waals surface area contributed by atoms with E-state index < -0.39 is 47.7 Å². The monoisotopic (exact) mass is 465 g/mol. The highest BCUT2D eigenvalue weighted by atomic mass is 19.4. The van der Waals surface area contributed by atoms with E-state index in [2.05, 4.69) is 5.10 Å². The van der Waals surface area contributed by atoms with Gasteiger partial charge in [-0.3, -0.25) is 4.68 Å². The van der Waals surface area contributed by atoms with Crippen LogP contribution in [0.1, 0.15) is 39.8 Å². The van der Waals surface area contributed by atoms with Crippen molar-refractivity contribution in [2.24, 2.45) is 5.92 Å². The first-order valence-corrected chi connectivity index (χ1v) is 9.24. The molecule has 174 valence electrons. The normalized spacial score (nSPS) is 17.0. The molecule has 2 heterocycles. The zero-order chi connectivity index (χ0) is 23.8. The first kappa shape index (κ1) is 23.4. The number of carboxylic acid groups (broad SMARTS) is 1. The number of hydrogen-bond acceptors (Lipinski definition) is 4. The Labute approximate surface area is 177 Å². The summed E-state index contributed by atoms with van der Waals surface area (Å²) in [5.41, 5.74) is -3.30. The van der Waals surface area contributed by atoms with Crippen LogP contribution in [0.15, 0.2) is 24.3 Å². The van der Waals surface area contributed by atoms with Crippen LogP contribution in [-0.2, 0) is 36.8 Å². The second-order valence-electron chi connectivity index (χ2n) is 7.46. The van der Waals surface area contributed by atoms with Crippen LogP contribution in [0.5, 0.6) is 0 Å². The molecule has 2 aromatic rings. The summed E-state index contributed by atoms with van der Waals surface area (Å²) in [6.07, 6.45) is -11.0. The maximum atomic E-state index is 13.0. The van der Waals surface area contributed by atoms with E-state index in [1.165, 1.54) is 15.6 Å². The van der Waals surface area contributed by atoms with Crippen molar-refractivity contribution in [3.05, 3.63) is 52.3 Å². The molecule has 32 heavy (non-hydrogen) atoms. The number of halogens is 6. The minimum absolute atomic E-state index is 0.0109. The molecular weight excluding hydrogens is 448 g/mol. The summed E-state index contributed by atoms with van der Waals surface area (Å²) in [6, 6.07) is 2.25. The van der Waals surface area contributed by atoms with Gasteiger partial charge in [0.2, 0.25) is 0 Å². The summed E-state index contributed by atoms with van der Waals surface area (Å²) >= 11 is 0. The smallest absolute Gasteiger partial charge is 0.416 e. The quantitative estimate of drug-likeness (QED) is 0.679. The number of aromatic carboxylic acids is 1. The van der Waals surface area contributed by atoms with Crippen molar-refractivity contribution in [3.63, 3.8) is 0 Å². The van der Waals surface area contributed by atoms with Gasteiger partial charge < -0.3 is 14.7 Å². The van der Waals surface area contributed by atoms with Crippen LogP contribution in [-0.4, -0.2) is 38.4 Å². The third-order valence-corrected chi connectivity index (χ3v) is 4.72. The molecular formula is C19H17F6N3O4. The van der Waals surface area contributed by atoms with Crippen LogP contribution >= 0.6 is 0 Å². The SMILES string of the molecule is CC1CN(C(=O)OCc2cc(C(F)(F)F)cc(C(F)(F)F)c2)Cc2cc(C(=O)O)nn2C1. The van der Waals surface area contributed by atoms with E-state index >= 15 is 0 Å². The number of ether oxygens (including phenoxy) is 1. The number of aromatic nitrogens is 2. The van der Waals surface area contributed by atoms with Gasteiger partial charge in [0.05, 0.1) is 23.4 Å². The molecule has 0 fully saturated rings. The van der Waals surface area contributed by atoms with Crippen LogP contribution < -0.4 is 0 Å². The van der Waals surface area contributed by atoms with E-state index in [-0.39, 0.29) is 30.8 Å². The predicted molar refractivity (Wildman–Crippen MR) is 95.4 cm³/mol. The van der Waals surface area contributed by atoms with Crippen molar-refractivity contribution >= 4 is 12.1 Å². The minimum atomic E-state index is -5.01. The first-order chi connectivity index (χ1) is 14.7. The molecule has 0 spiro atoms. The minimum Gasteiger partial charge on any atom is -0.476 e. The Hall–Kier alpha value is -3.25. The van der Waals surface area contributed by atoms with E-state index in [1.807, 2.05) is 0 Å². The largest absolute Gasteiger partial charge is 0.476 e. The van der Waals surface area contributed by atoms with E-state index in [0.717, 1.165) is 0 Å². The van der Waals surface area contributed by atoms with Crippen molar-refractivity contribution < 1.29 is 45.8 Å². The van der Waals surface area contributed by atoms with Crippen LogP contribution in [0.4, 0.5) is 31.1 Å². The van der Waals surface area contributed by atoms with Crippen LogP contribution in [0.25, 0.3) is 0 Å². The topological polar surface area (TPSA) is 84.7 Å². The van der Waals surface area contributed by atoms with E-state index in [1.54, 1.807) is 6.92 Å². The molecule has 1 amide bonds. The Morgan fingerprint density at radius 2 is 1.66 bits per heavy atom. The lowest BCUT2D eigenvalue weighted by Crippen LogP contribution is -2.33. The molecule has 1 aliphatic rings. The Morgan fingerprint density at radius 1 is 1.06 bits per heavy atom. The second kappa shape index (κ2) is 8.36. The van der Waals surface area contributed by atoms with Gasteiger partial charge in [-0.1, -0.05) is 6.92 Å². The number of fused-ring (bicyclic) bond motifs is 1. The van der Waals surface area contributed by atoms with Crippen molar-refractivity contribution in [1.29, 1.82) is 0 Å². The van der Waals surface area contributed by atoms with Crippen molar-refractivity contribution in [1.82, 2.24) is 14.7 Å². The zero-order valence-corrected chi connectivity index (χ0v) is 16.5. The molecule has 1 aliphatic heterocycles. The van der Waals surface area contributed by atoms with Gasteiger partial charge in [-0.15, -0.1) is 0 Å². The molecule has 3 rings (SSSR count). The van der Waals surface area contributed by atoms with Crippen molar-refractivity contribution in [3.8, 4) is 0 Å². The highest BCUT2D eigenvalue weighted by molar-refractivity contribution is 5.85. The van der Waals surface area contributed by atoms with E-state index in [4.69, 9.17) is 9.84 Å². The first-order valence-electron chi connectivity index (χ1n) is 9.24. The number of alkyl halides is 6. The van der Waals surface area contributed by atoms with Gasteiger partial charge in [0, 0.05) is 13.1 Å². The summed E-state index contributed by atoms with van der Waals surface area (Å²) in [6.45, 7) is 1.35. The highest BCUT2D eigenvalue weighted by Gasteiger charge is 2.37. The molecule has 1 aromatic heterocycles. The van der Waals surface area contributed by atoms with Gasteiger partial charge in [0.1, 0.15) is 6.61 Å². The Bertz CT molecular complexity index is 999. The standard InChI is InChI=1S/C19H17F6N3O4/c1-10-6-27(8-14-5-15(16(29)30)26-28(14)7-10)17(31)32-9-11-2-12(18(20,21)22)4-13(3-11)19(23,24)25/h2-5,10H,6-9H2,1H3,(H,29,30). The molecule has 1 aromatic carbocycles. The molecule has 0 saturated heterocycles. The molecule has 0 aliphatic carbocycles. The fourth-order valence-electron chi connectivity index (χ4n) is 3.31. The van der Waals surface area contributed by atoms with Gasteiger partial charge >= 0.3 is 24.4 Å². The summed E-state index contributed by atoms with van der Waals surface area (Å²) in [5, 5.41) is 13.0. The molecule has 0 bridgehead atoms. The molecule has 1 unspecified atom stereocenters. The third kappa shape index (κ3) is 5.32. The van der Waals surface area contributed by atoms with E-state index in [9.17, 15) is 35.9 Å². The van der Waals surface area contributed by atoms with Gasteiger partial charge in [-0.05, 0) is 35.7 Å². The molecule has 0 radical (unpaired) electrons. The van der Waals surface area contributed by atoms with Gasteiger partial charge in [0.25, 0.3) is 0 Å². The Morgan fingerprint density at radius 3 is 2.19 bits per heavy atom. The maximum absolute atomic E-state index is 13.0. The lowest BCUT2D eigenvalue weighted by Gasteiger charge is -2.22. The van der Waals surface area contributed by atoms with Crippen LogP contribution in [0.2, 0.25) is 0 Å². The molecule has 7 nitrogen and oxygen atoms in total. The summed E-state index contributed by atoms with van der Waals surface area (Å²) in [7, 11) is 0. The fraction of sp³-hybridized carbons (Fsp3) is 0.421. The van der Waals surface area contributed by atoms with Crippen molar-refractivity contribution in [2.45, 2.75) is 39.0 Å². The zero-order valence-electron chi connectivity index (χ0n) is 16.5. The number of amides is 1. The number of hydrogen-bond donors (Lipinski definition) is 1. The molecule has 1 N–H and O–H groups in total. The predicted octanol–water partition coefficient (Wildman–Crippen LogP) is 4.41. The number of carbonyl (C=O) groups excluding carboxylic acids is 1. The summed E-state index contributed by atoms with van der Waals surface area (Å²) < 4.78 is 84.3. The van der Waals surface area contributed by atoms with Crippen LogP contribution in [0, 0.1) is 5.92 Å². The molecule has 13 heteroatoms. The van der Waals surface area contributed by atoms with Gasteiger partial charge in [0.15, 0.2) is 5.69 Å². The number of rotatable bonds is 3. The Kier molecular flexibility index (Phi) is 6.11. The van der Waals surface area contributed by atoms with Gasteiger partial charge in [-0.2, -0.15) is 31.4 Å². The maximum Gasteiger partial charge on any atom is 0.416 e.